The molecule has 1 rings (SSSR count). The topological polar surface area (TPSA) is 43.4 Å². The van der Waals surface area contributed by atoms with Crippen molar-refractivity contribution in [2.24, 2.45) is 0 Å². The molecule has 0 atom stereocenters. The Morgan fingerprint density at radius 2 is 1.68 bits per heavy atom. The zero-order chi connectivity index (χ0) is 16.4. The Morgan fingerprint density at radius 3 is 2.27 bits per heavy atom. The van der Waals surface area contributed by atoms with Crippen molar-refractivity contribution < 1.29 is 14.3 Å². The number of Topliss-reactive ketones (excluding diaryl/α,β-unsaturated/α-hetero) is 1. The lowest BCUT2D eigenvalue weighted by atomic mass is 9.97. The number of ether oxygens (including phenoxy) is 1. The number of hydrogen-bond donors (Lipinski definition) is 0. The molecule has 0 amide bonds. The molecule has 1 aromatic rings. The largest absolute Gasteiger partial charge is 0.462 e. The number of carbonyl (C=O) groups is 2. The average Bonchev–Trinajstić information content (AvgIpc) is 2.55. The molecular weight excluding hydrogens is 276 g/mol. The van der Waals surface area contributed by atoms with Gasteiger partial charge in [-0.3, -0.25) is 4.79 Å². The summed E-state index contributed by atoms with van der Waals surface area (Å²) in [7, 11) is 0. The smallest absolute Gasteiger partial charge is 0.342 e. The van der Waals surface area contributed by atoms with Crippen molar-refractivity contribution in [3.8, 4) is 0 Å². The molecule has 0 bridgehead atoms. The molecule has 22 heavy (non-hydrogen) atoms. The summed E-state index contributed by atoms with van der Waals surface area (Å²) in [5.41, 5.74) is 1.75. The van der Waals surface area contributed by atoms with Crippen LogP contribution in [0, 0.1) is 0 Å². The van der Waals surface area contributed by atoms with Gasteiger partial charge in [-0.2, -0.15) is 0 Å². The van der Waals surface area contributed by atoms with Crippen molar-refractivity contribution >= 4 is 17.3 Å². The summed E-state index contributed by atoms with van der Waals surface area (Å²) in [6, 6.07) is 9.48. The molecule has 0 aromatic heterocycles. The Hall–Kier alpha value is -1.90. The van der Waals surface area contributed by atoms with Crippen molar-refractivity contribution in [3.63, 3.8) is 0 Å². The van der Waals surface area contributed by atoms with Gasteiger partial charge in [0.25, 0.3) is 0 Å². The van der Waals surface area contributed by atoms with E-state index in [0.29, 0.717) is 18.6 Å². The Bertz CT molecular complexity index is 515. The summed E-state index contributed by atoms with van der Waals surface area (Å²) in [6.07, 6.45) is 4.46. The summed E-state index contributed by atoms with van der Waals surface area (Å²) >= 11 is 0. The van der Waals surface area contributed by atoms with Crippen LogP contribution in [-0.2, 0) is 14.3 Å². The SMILES string of the molecule is CCCCCCOC(=O)C(C(=O)CC)=C(C)c1ccccc1. The molecule has 3 heteroatoms. The standard InChI is InChI=1S/C19H26O3/c1-4-6-7-11-14-22-19(21)18(17(20)5-2)15(3)16-12-9-8-10-13-16/h8-10,12-13H,4-7,11,14H2,1-3H3. The fourth-order valence-electron chi connectivity index (χ4n) is 2.25. The summed E-state index contributed by atoms with van der Waals surface area (Å²) in [5, 5.41) is 0. The Morgan fingerprint density at radius 1 is 1.00 bits per heavy atom. The van der Waals surface area contributed by atoms with Crippen LogP contribution in [0.4, 0.5) is 0 Å². The van der Waals surface area contributed by atoms with Crippen LogP contribution < -0.4 is 0 Å². The third kappa shape index (κ3) is 5.47. The van der Waals surface area contributed by atoms with Gasteiger partial charge < -0.3 is 4.74 Å². The molecule has 0 aliphatic carbocycles. The predicted molar refractivity (Wildman–Crippen MR) is 89.4 cm³/mol. The van der Waals surface area contributed by atoms with Gasteiger partial charge >= 0.3 is 5.97 Å². The van der Waals surface area contributed by atoms with Crippen LogP contribution in [-0.4, -0.2) is 18.4 Å². The minimum absolute atomic E-state index is 0.167. The van der Waals surface area contributed by atoms with E-state index in [9.17, 15) is 9.59 Å². The lowest BCUT2D eigenvalue weighted by Gasteiger charge is -2.11. The van der Waals surface area contributed by atoms with Crippen LogP contribution >= 0.6 is 0 Å². The molecular formula is C19H26O3. The molecule has 0 spiro atoms. The third-order valence-electron chi connectivity index (χ3n) is 3.62. The van der Waals surface area contributed by atoms with E-state index in [-0.39, 0.29) is 11.4 Å². The van der Waals surface area contributed by atoms with Crippen molar-refractivity contribution in [2.75, 3.05) is 6.61 Å². The molecule has 0 radical (unpaired) electrons. The molecule has 0 N–H and O–H groups in total. The van der Waals surface area contributed by atoms with Gasteiger partial charge in [0.15, 0.2) is 5.78 Å². The Kier molecular flexibility index (Phi) is 8.19. The quantitative estimate of drug-likeness (QED) is 0.221. The molecule has 0 aliphatic heterocycles. The predicted octanol–water partition coefficient (Wildman–Crippen LogP) is 4.56. The van der Waals surface area contributed by atoms with E-state index in [2.05, 4.69) is 6.92 Å². The van der Waals surface area contributed by atoms with Crippen molar-refractivity contribution in [1.82, 2.24) is 0 Å². The molecule has 1 aromatic carbocycles. The van der Waals surface area contributed by atoms with Crippen LogP contribution in [0.15, 0.2) is 35.9 Å². The van der Waals surface area contributed by atoms with Crippen LogP contribution in [0.2, 0.25) is 0 Å². The number of ketones is 1. The van der Waals surface area contributed by atoms with Gasteiger partial charge in [-0.1, -0.05) is 63.4 Å². The molecule has 0 fully saturated rings. The zero-order valence-corrected chi connectivity index (χ0v) is 13.9. The molecule has 0 unspecified atom stereocenters. The first-order valence-corrected chi connectivity index (χ1v) is 8.08. The molecule has 120 valence electrons. The van der Waals surface area contributed by atoms with Crippen LogP contribution in [0.1, 0.15) is 58.4 Å². The fraction of sp³-hybridized carbons (Fsp3) is 0.474. The second kappa shape index (κ2) is 9.93. The van der Waals surface area contributed by atoms with Gasteiger partial charge in [0.2, 0.25) is 0 Å². The van der Waals surface area contributed by atoms with E-state index >= 15 is 0 Å². The lowest BCUT2D eigenvalue weighted by Crippen LogP contribution is -2.17. The van der Waals surface area contributed by atoms with Crippen molar-refractivity contribution in [1.29, 1.82) is 0 Å². The van der Waals surface area contributed by atoms with E-state index in [4.69, 9.17) is 4.74 Å². The monoisotopic (exact) mass is 302 g/mol. The maximum atomic E-state index is 12.3. The lowest BCUT2D eigenvalue weighted by molar-refractivity contribution is -0.140. The highest BCUT2D eigenvalue weighted by molar-refractivity contribution is 6.22. The number of carbonyl (C=O) groups excluding carboxylic acids is 2. The number of benzene rings is 1. The molecule has 0 heterocycles. The molecule has 0 saturated carbocycles. The van der Waals surface area contributed by atoms with E-state index < -0.39 is 5.97 Å². The maximum absolute atomic E-state index is 12.3. The Labute approximate surface area is 133 Å². The van der Waals surface area contributed by atoms with Gasteiger partial charge in [0.05, 0.1) is 6.61 Å². The fourth-order valence-corrected chi connectivity index (χ4v) is 2.25. The van der Waals surface area contributed by atoms with E-state index in [1.165, 1.54) is 0 Å². The van der Waals surface area contributed by atoms with E-state index in [1.54, 1.807) is 13.8 Å². The van der Waals surface area contributed by atoms with Gasteiger partial charge in [0, 0.05) is 6.42 Å². The summed E-state index contributed by atoms with van der Waals surface area (Å²) < 4.78 is 5.30. The van der Waals surface area contributed by atoms with Crippen LogP contribution in [0.5, 0.6) is 0 Å². The van der Waals surface area contributed by atoms with Crippen LogP contribution in [0.3, 0.4) is 0 Å². The van der Waals surface area contributed by atoms with Gasteiger partial charge in [-0.15, -0.1) is 0 Å². The molecule has 0 aliphatic rings. The second-order valence-electron chi connectivity index (χ2n) is 5.34. The average molecular weight is 302 g/mol. The summed E-state index contributed by atoms with van der Waals surface area (Å²) in [6.45, 7) is 6.07. The van der Waals surface area contributed by atoms with E-state index in [1.807, 2.05) is 30.3 Å². The van der Waals surface area contributed by atoms with E-state index in [0.717, 1.165) is 31.2 Å². The summed E-state index contributed by atoms with van der Waals surface area (Å²) in [5.74, 6) is -0.662. The Balaban J connectivity index is 2.85. The highest BCUT2D eigenvalue weighted by Gasteiger charge is 2.21. The number of unbranched alkanes of at least 4 members (excludes halogenated alkanes) is 3. The third-order valence-corrected chi connectivity index (χ3v) is 3.62. The normalized spacial score (nSPS) is 11.8. The second-order valence-corrected chi connectivity index (χ2v) is 5.34. The van der Waals surface area contributed by atoms with Crippen LogP contribution in [0.25, 0.3) is 5.57 Å². The first-order valence-electron chi connectivity index (χ1n) is 8.08. The van der Waals surface area contributed by atoms with Gasteiger partial charge in [-0.05, 0) is 24.5 Å². The molecule has 0 saturated heterocycles. The summed E-state index contributed by atoms with van der Waals surface area (Å²) in [4.78, 5) is 24.4. The highest BCUT2D eigenvalue weighted by atomic mass is 16.5. The number of hydrogen-bond acceptors (Lipinski definition) is 3. The minimum atomic E-state index is -0.496. The van der Waals surface area contributed by atoms with Crippen molar-refractivity contribution in [3.05, 3.63) is 41.5 Å². The van der Waals surface area contributed by atoms with Gasteiger partial charge in [0.1, 0.15) is 5.57 Å². The maximum Gasteiger partial charge on any atom is 0.342 e. The zero-order valence-electron chi connectivity index (χ0n) is 13.9. The van der Waals surface area contributed by atoms with Crippen molar-refractivity contribution in [2.45, 2.75) is 52.9 Å². The number of allylic oxidation sites excluding steroid dienone is 1. The minimum Gasteiger partial charge on any atom is -0.462 e. The number of rotatable bonds is 9. The molecule has 3 nitrogen and oxygen atoms in total. The first-order chi connectivity index (χ1) is 10.6. The highest BCUT2D eigenvalue weighted by Crippen LogP contribution is 2.21. The first kappa shape index (κ1) is 18.1. The van der Waals surface area contributed by atoms with Gasteiger partial charge in [-0.25, -0.2) is 4.79 Å². The number of esters is 1.